The molecule has 0 bridgehead atoms. The molecule has 0 amide bonds. The van der Waals surface area contributed by atoms with Crippen molar-refractivity contribution in [1.29, 1.82) is 0 Å². The van der Waals surface area contributed by atoms with Crippen molar-refractivity contribution in [2.45, 2.75) is 90.6 Å². The van der Waals surface area contributed by atoms with E-state index in [-0.39, 0.29) is 35.1 Å². The molecular weight excluding hydrogens is 360 g/mol. The van der Waals surface area contributed by atoms with Gasteiger partial charge in [0.15, 0.2) is 0 Å². The van der Waals surface area contributed by atoms with Gasteiger partial charge in [0.25, 0.3) is 0 Å². The Morgan fingerprint density at radius 3 is 2.55 bits per heavy atom. The van der Waals surface area contributed by atoms with Gasteiger partial charge in [-0.05, 0) is 54.9 Å². The number of hydrogen-bond acceptors (Lipinski definition) is 3. The highest BCUT2D eigenvalue weighted by molar-refractivity contribution is 5.99. The third kappa shape index (κ3) is 4.92. The van der Waals surface area contributed by atoms with Crippen molar-refractivity contribution >= 4 is 11.8 Å². The lowest BCUT2D eigenvalue weighted by Crippen LogP contribution is -2.46. The van der Waals surface area contributed by atoms with Crippen molar-refractivity contribution in [2.24, 2.45) is 23.7 Å². The summed E-state index contributed by atoms with van der Waals surface area (Å²) in [6, 6.07) is 10.6. The minimum Gasteiger partial charge on any atom is -0.461 e. The van der Waals surface area contributed by atoms with Gasteiger partial charge in [-0.15, -0.1) is 0 Å². The average molecular weight is 399 g/mol. The number of rotatable bonds is 6. The number of ether oxygens (including phenoxy) is 1. The summed E-state index contributed by atoms with van der Waals surface area (Å²) in [5.74, 6) is 0.290. The number of hydrogen-bond donors (Lipinski definition) is 0. The number of carbonyl (C=O) groups excluding carboxylic acids is 2. The van der Waals surface area contributed by atoms with Crippen LogP contribution >= 0.6 is 0 Å². The van der Waals surface area contributed by atoms with Gasteiger partial charge in [0.1, 0.15) is 17.8 Å². The van der Waals surface area contributed by atoms with Gasteiger partial charge in [0, 0.05) is 12.3 Å². The lowest BCUT2D eigenvalue weighted by molar-refractivity contribution is -0.167. The van der Waals surface area contributed by atoms with Gasteiger partial charge in [0.2, 0.25) is 0 Å². The van der Waals surface area contributed by atoms with Crippen molar-refractivity contribution in [3.63, 3.8) is 0 Å². The predicted molar refractivity (Wildman–Crippen MR) is 117 cm³/mol. The van der Waals surface area contributed by atoms with E-state index >= 15 is 0 Å². The van der Waals surface area contributed by atoms with Crippen LogP contribution in [0.2, 0.25) is 0 Å². The maximum absolute atomic E-state index is 13.2. The average Bonchev–Trinajstić information content (AvgIpc) is 2.69. The van der Waals surface area contributed by atoms with Gasteiger partial charge in [0.05, 0.1) is 0 Å². The molecule has 1 aromatic carbocycles. The van der Waals surface area contributed by atoms with Gasteiger partial charge < -0.3 is 4.74 Å². The Kier molecular flexibility index (Phi) is 7.19. The Morgan fingerprint density at radius 1 is 1.14 bits per heavy atom. The zero-order chi connectivity index (χ0) is 21.0. The van der Waals surface area contributed by atoms with Crippen molar-refractivity contribution in [2.75, 3.05) is 0 Å². The Hall–Kier alpha value is -1.64. The van der Waals surface area contributed by atoms with Crippen LogP contribution in [0.15, 0.2) is 30.3 Å². The van der Waals surface area contributed by atoms with Crippen molar-refractivity contribution in [1.82, 2.24) is 0 Å². The van der Waals surface area contributed by atoms with Crippen molar-refractivity contribution in [3.8, 4) is 0 Å². The van der Waals surface area contributed by atoms with E-state index in [1.807, 2.05) is 6.07 Å². The molecule has 2 aliphatic carbocycles. The van der Waals surface area contributed by atoms with Crippen LogP contribution in [0.4, 0.5) is 0 Å². The summed E-state index contributed by atoms with van der Waals surface area (Å²) in [6.45, 7) is 8.92. The Bertz CT molecular complexity index is 691. The fourth-order valence-electron chi connectivity index (χ4n) is 5.72. The largest absolute Gasteiger partial charge is 0.461 e. The molecule has 0 aromatic heterocycles. The number of carbonyl (C=O) groups is 2. The van der Waals surface area contributed by atoms with Crippen LogP contribution in [0.1, 0.15) is 84.6 Å². The predicted octanol–water partition coefficient (Wildman–Crippen LogP) is 6.10. The summed E-state index contributed by atoms with van der Waals surface area (Å²) in [6.07, 6.45) is 7.35. The van der Waals surface area contributed by atoms with Crippen molar-refractivity contribution in [3.05, 3.63) is 35.9 Å². The molecule has 0 aliphatic heterocycles. The van der Waals surface area contributed by atoms with Gasteiger partial charge >= 0.3 is 5.97 Å². The second-order valence-electron chi connectivity index (χ2n) is 9.97. The fraction of sp³-hybridized carbons (Fsp3) is 0.692. The van der Waals surface area contributed by atoms with E-state index in [0.29, 0.717) is 12.3 Å². The first-order valence-electron chi connectivity index (χ1n) is 11.6. The van der Waals surface area contributed by atoms with E-state index < -0.39 is 5.92 Å². The third-order valence-corrected chi connectivity index (χ3v) is 7.50. The van der Waals surface area contributed by atoms with Gasteiger partial charge in [-0.3, -0.25) is 9.59 Å². The first-order chi connectivity index (χ1) is 13.8. The van der Waals surface area contributed by atoms with E-state index in [4.69, 9.17) is 4.74 Å². The zero-order valence-electron chi connectivity index (χ0n) is 18.7. The minimum atomic E-state index is -0.540. The van der Waals surface area contributed by atoms with E-state index in [0.717, 1.165) is 44.9 Å². The quantitative estimate of drug-likeness (QED) is 0.430. The molecule has 2 fully saturated rings. The topological polar surface area (TPSA) is 43.4 Å². The lowest BCUT2D eigenvalue weighted by atomic mass is 9.64. The maximum Gasteiger partial charge on any atom is 0.317 e. The van der Waals surface area contributed by atoms with Crippen LogP contribution in [-0.2, 0) is 19.7 Å². The van der Waals surface area contributed by atoms with E-state index in [1.54, 1.807) is 0 Å². The lowest BCUT2D eigenvalue weighted by Gasteiger charge is -2.44. The molecule has 0 heterocycles. The highest BCUT2D eigenvalue weighted by atomic mass is 16.5. The Balaban J connectivity index is 1.80. The summed E-state index contributed by atoms with van der Waals surface area (Å²) in [5.41, 5.74) is 1.21. The molecule has 0 spiro atoms. The van der Waals surface area contributed by atoms with Gasteiger partial charge in [-0.1, -0.05) is 70.9 Å². The number of esters is 1. The summed E-state index contributed by atoms with van der Waals surface area (Å²) < 4.78 is 6.21. The van der Waals surface area contributed by atoms with Crippen LogP contribution in [0, 0.1) is 23.7 Å². The summed E-state index contributed by atoms with van der Waals surface area (Å²) in [4.78, 5) is 25.9. The Labute approximate surface area is 176 Å². The normalized spacial score (nSPS) is 30.8. The molecule has 2 saturated carbocycles. The minimum absolute atomic E-state index is 0.0776. The molecule has 160 valence electrons. The first kappa shape index (κ1) is 22.1. The highest BCUT2D eigenvalue weighted by Crippen LogP contribution is 2.44. The second kappa shape index (κ2) is 9.45. The molecule has 0 radical (unpaired) electrons. The number of benzene rings is 1. The maximum atomic E-state index is 13.2. The molecule has 29 heavy (non-hydrogen) atoms. The second-order valence-corrected chi connectivity index (χ2v) is 9.97. The summed E-state index contributed by atoms with van der Waals surface area (Å²) in [7, 11) is 0. The molecule has 3 heteroatoms. The monoisotopic (exact) mass is 398 g/mol. The van der Waals surface area contributed by atoms with Crippen molar-refractivity contribution < 1.29 is 14.3 Å². The van der Waals surface area contributed by atoms with Crippen LogP contribution in [0.25, 0.3) is 0 Å². The van der Waals surface area contributed by atoms with Gasteiger partial charge in [-0.2, -0.15) is 0 Å². The van der Waals surface area contributed by atoms with Gasteiger partial charge in [-0.25, -0.2) is 0 Å². The molecule has 3 nitrogen and oxygen atoms in total. The number of Topliss-reactive ketones (excluding diaryl/α,β-unsaturated/α-hetero) is 1. The molecule has 0 N–H and O–H groups in total. The summed E-state index contributed by atoms with van der Waals surface area (Å²) >= 11 is 0. The Morgan fingerprint density at radius 2 is 1.86 bits per heavy atom. The smallest absolute Gasteiger partial charge is 0.317 e. The van der Waals surface area contributed by atoms with E-state index in [9.17, 15) is 9.59 Å². The number of ketones is 1. The SMILES string of the molecule is CCC[C@H]1CCCC(=O)[C@@H]1C(=O)O[C@@H]1C[C@H](C)CC[C@H]1C(C)(C)c1ccccc1. The highest BCUT2D eigenvalue weighted by Gasteiger charge is 2.44. The van der Waals surface area contributed by atoms with Crippen LogP contribution in [0.3, 0.4) is 0 Å². The molecule has 3 rings (SSSR count). The molecule has 5 atom stereocenters. The van der Waals surface area contributed by atoms with Crippen LogP contribution in [0.5, 0.6) is 0 Å². The van der Waals surface area contributed by atoms with E-state index in [1.165, 1.54) is 5.56 Å². The van der Waals surface area contributed by atoms with Crippen LogP contribution in [-0.4, -0.2) is 17.9 Å². The molecule has 0 saturated heterocycles. The summed E-state index contributed by atoms with van der Waals surface area (Å²) in [5, 5.41) is 0. The standard InChI is InChI=1S/C26H38O3/c1-5-10-19-11-9-14-22(27)24(19)25(28)29-23-17-18(2)15-16-21(23)26(3,4)20-12-7-6-8-13-20/h6-8,12-13,18-19,21,23-24H,5,9-11,14-17H2,1-4H3/t18-,19+,21-,23-,24-/m1/s1. The first-order valence-corrected chi connectivity index (χ1v) is 11.6. The molecule has 0 unspecified atom stereocenters. The molecule has 2 aliphatic rings. The fourth-order valence-corrected chi connectivity index (χ4v) is 5.72. The molecular formula is C26H38O3. The zero-order valence-corrected chi connectivity index (χ0v) is 18.7. The van der Waals surface area contributed by atoms with E-state index in [2.05, 4.69) is 52.0 Å². The van der Waals surface area contributed by atoms with Crippen LogP contribution < -0.4 is 0 Å². The molecule has 1 aromatic rings. The third-order valence-electron chi connectivity index (χ3n) is 7.50.